The van der Waals surface area contributed by atoms with Crippen molar-refractivity contribution in [3.63, 3.8) is 0 Å². The highest BCUT2D eigenvalue weighted by Crippen LogP contribution is 2.22. The smallest absolute Gasteiger partial charge is 0.240 e. The summed E-state index contributed by atoms with van der Waals surface area (Å²) in [5.41, 5.74) is 8.91. The van der Waals surface area contributed by atoms with Gasteiger partial charge in [-0.05, 0) is 65.9 Å². The maximum absolute atomic E-state index is 12.3. The van der Waals surface area contributed by atoms with Crippen molar-refractivity contribution >= 4 is 27.0 Å². The minimum Gasteiger partial charge on any atom is -0.398 e. The average molecular weight is 310 g/mol. The van der Waals surface area contributed by atoms with Crippen molar-refractivity contribution in [1.29, 1.82) is 0 Å². The van der Waals surface area contributed by atoms with Crippen LogP contribution in [-0.4, -0.2) is 15.0 Å². The van der Waals surface area contributed by atoms with Crippen molar-refractivity contribution in [1.82, 2.24) is 4.72 Å². The molecule has 0 aliphatic carbocycles. The molecule has 0 saturated carbocycles. The van der Waals surface area contributed by atoms with Gasteiger partial charge >= 0.3 is 0 Å². The molecule has 108 valence electrons. The Kier molecular flexibility index (Phi) is 4.47. The lowest BCUT2D eigenvalue weighted by atomic mass is 10.1. The molecule has 4 nitrogen and oxygen atoms in total. The molecule has 0 unspecified atom stereocenters. The minimum absolute atomic E-state index is 0.264. The maximum Gasteiger partial charge on any atom is 0.240 e. The molecule has 0 bridgehead atoms. The zero-order valence-corrected chi connectivity index (χ0v) is 13.1. The summed E-state index contributed by atoms with van der Waals surface area (Å²) in [6.45, 7) is 3.94. The van der Waals surface area contributed by atoms with Gasteiger partial charge in [-0.25, -0.2) is 13.1 Å². The first-order valence-corrected chi connectivity index (χ1v) is 8.70. The number of hydrogen-bond donors (Lipinski definition) is 2. The van der Waals surface area contributed by atoms with Crippen molar-refractivity contribution in [2.75, 3.05) is 12.3 Å². The number of benzene rings is 1. The van der Waals surface area contributed by atoms with E-state index < -0.39 is 10.0 Å². The van der Waals surface area contributed by atoms with Crippen LogP contribution in [0.3, 0.4) is 0 Å². The fourth-order valence-electron chi connectivity index (χ4n) is 1.97. The Morgan fingerprint density at radius 3 is 2.70 bits per heavy atom. The molecule has 0 fully saturated rings. The molecule has 1 heterocycles. The Labute approximate surface area is 123 Å². The molecule has 20 heavy (non-hydrogen) atoms. The van der Waals surface area contributed by atoms with E-state index in [1.54, 1.807) is 30.4 Å². The number of aryl methyl sites for hydroxylation is 1. The summed E-state index contributed by atoms with van der Waals surface area (Å²) in [7, 11) is -3.52. The van der Waals surface area contributed by atoms with Gasteiger partial charge in [-0.1, -0.05) is 0 Å². The van der Waals surface area contributed by atoms with Crippen LogP contribution in [0.2, 0.25) is 0 Å². The van der Waals surface area contributed by atoms with Crippen LogP contribution in [-0.2, 0) is 16.4 Å². The van der Waals surface area contributed by atoms with Gasteiger partial charge in [-0.3, -0.25) is 0 Å². The second-order valence-electron chi connectivity index (χ2n) is 4.76. The van der Waals surface area contributed by atoms with Crippen molar-refractivity contribution in [3.8, 4) is 0 Å². The summed E-state index contributed by atoms with van der Waals surface area (Å²) in [6, 6.07) is 5.42. The van der Waals surface area contributed by atoms with Crippen LogP contribution in [0.4, 0.5) is 5.69 Å². The van der Waals surface area contributed by atoms with E-state index in [9.17, 15) is 8.42 Å². The van der Waals surface area contributed by atoms with Crippen LogP contribution in [0, 0.1) is 13.8 Å². The summed E-state index contributed by atoms with van der Waals surface area (Å²) < 4.78 is 27.3. The molecular weight excluding hydrogens is 292 g/mol. The summed E-state index contributed by atoms with van der Waals surface area (Å²) in [5.74, 6) is 0. The molecule has 2 aromatic rings. The van der Waals surface area contributed by atoms with Crippen LogP contribution in [0.1, 0.15) is 16.7 Å². The predicted molar refractivity (Wildman–Crippen MR) is 83.5 cm³/mol. The van der Waals surface area contributed by atoms with Crippen LogP contribution in [0.5, 0.6) is 0 Å². The van der Waals surface area contributed by atoms with E-state index in [1.807, 2.05) is 23.8 Å². The van der Waals surface area contributed by atoms with E-state index in [2.05, 4.69) is 4.72 Å². The number of hydrogen-bond acceptors (Lipinski definition) is 4. The van der Waals surface area contributed by atoms with Gasteiger partial charge in [0.25, 0.3) is 0 Å². The van der Waals surface area contributed by atoms with Gasteiger partial charge in [0.05, 0.1) is 4.90 Å². The van der Waals surface area contributed by atoms with Crippen LogP contribution in [0.15, 0.2) is 33.9 Å². The zero-order valence-electron chi connectivity index (χ0n) is 11.5. The summed E-state index contributed by atoms with van der Waals surface area (Å²) in [4.78, 5) is 0.264. The monoisotopic (exact) mass is 310 g/mol. The van der Waals surface area contributed by atoms with Crippen LogP contribution in [0.25, 0.3) is 0 Å². The van der Waals surface area contributed by atoms with Gasteiger partial charge in [-0.15, -0.1) is 0 Å². The molecule has 0 saturated heterocycles. The molecule has 0 amide bonds. The third kappa shape index (κ3) is 3.39. The van der Waals surface area contributed by atoms with Gasteiger partial charge in [0.15, 0.2) is 0 Å². The fourth-order valence-corrected chi connectivity index (χ4v) is 4.07. The van der Waals surface area contributed by atoms with Crippen molar-refractivity contribution < 1.29 is 8.42 Å². The molecule has 0 spiro atoms. The van der Waals surface area contributed by atoms with E-state index >= 15 is 0 Å². The lowest BCUT2D eigenvalue weighted by molar-refractivity contribution is 0.581. The summed E-state index contributed by atoms with van der Waals surface area (Å²) >= 11 is 1.61. The molecule has 1 aromatic heterocycles. The number of nitrogens with two attached hydrogens (primary N) is 1. The Bertz CT molecular complexity index is 692. The standard InChI is InChI=1S/C14H18N2O2S2/c1-10-7-13(15)11(2)14(8-10)20(17,18)16-5-3-12-4-6-19-9-12/h4,6-9,16H,3,5,15H2,1-2H3. The van der Waals surface area contributed by atoms with E-state index in [-0.39, 0.29) is 4.90 Å². The molecule has 2 rings (SSSR count). The van der Waals surface area contributed by atoms with Gasteiger partial charge in [-0.2, -0.15) is 11.3 Å². The third-order valence-corrected chi connectivity index (χ3v) is 5.44. The maximum atomic E-state index is 12.3. The number of rotatable bonds is 5. The molecule has 3 N–H and O–H groups in total. The van der Waals surface area contributed by atoms with E-state index in [1.165, 1.54) is 0 Å². The highest BCUT2D eigenvalue weighted by molar-refractivity contribution is 7.89. The first-order valence-electron chi connectivity index (χ1n) is 6.27. The molecular formula is C14H18N2O2S2. The van der Waals surface area contributed by atoms with Crippen molar-refractivity contribution in [3.05, 3.63) is 45.6 Å². The third-order valence-electron chi connectivity index (χ3n) is 3.12. The number of nitrogen functional groups attached to an aromatic ring is 1. The predicted octanol–water partition coefficient (Wildman–Crippen LogP) is 2.47. The summed E-state index contributed by atoms with van der Waals surface area (Å²) in [6.07, 6.45) is 0.684. The lowest BCUT2D eigenvalue weighted by Gasteiger charge is -2.12. The van der Waals surface area contributed by atoms with Gasteiger partial charge in [0, 0.05) is 12.2 Å². The Morgan fingerprint density at radius 1 is 1.30 bits per heavy atom. The minimum atomic E-state index is -3.52. The Hall–Kier alpha value is -1.37. The number of sulfonamides is 1. The second kappa shape index (κ2) is 5.95. The van der Waals surface area contributed by atoms with Gasteiger partial charge < -0.3 is 5.73 Å². The van der Waals surface area contributed by atoms with Gasteiger partial charge in [0.2, 0.25) is 10.0 Å². The molecule has 0 radical (unpaired) electrons. The normalized spacial score (nSPS) is 11.7. The summed E-state index contributed by atoms with van der Waals surface area (Å²) in [5, 5.41) is 4.00. The zero-order chi connectivity index (χ0) is 14.8. The van der Waals surface area contributed by atoms with Crippen molar-refractivity contribution in [2.45, 2.75) is 25.2 Å². The van der Waals surface area contributed by atoms with E-state index in [0.717, 1.165) is 11.1 Å². The number of nitrogens with one attached hydrogen (secondary N) is 1. The van der Waals surface area contributed by atoms with Gasteiger partial charge in [0.1, 0.15) is 0 Å². The highest BCUT2D eigenvalue weighted by Gasteiger charge is 2.18. The van der Waals surface area contributed by atoms with Crippen molar-refractivity contribution in [2.24, 2.45) is 0 Å². The largest absolute Gasteiger partial charge is 0.398 e. The first-order chi connectivity index (χ1) is 9.40. The molecule has 0 aliphatic rings. The SMILES string of the molecule is Cc1cc(N)c(C)c(S(=O)(=O)NCCc2ccsc2)c1. The Balaban J connectivity index is 2.14. The van der Waals surface area contributed by atoms with Crippen LogP contribution < -0.4 is 10.5 Å². The first kappa shape index (κ1) is 15.0. The fraction of sp³-hybridized carbons (Fsp3) is 0.286. The lowest BCUT2D eigenvalue weighted by Crippen LogP contribution is -2.26. The number of anilines is 1. The molecule has 0 aliphatic heterocycles. The number of thiophene rings is 1. The second-order valence-corrected chi connectivity index (χ2v) is 7.27. The molecule has 1 aromatic carbocycles. The van der Waals surface area contributed by atoms with E-state index in [4.69, 9.17) is 5.73 Å². The van der Waals surface area contributed by atoms with Crippen LogP contribution >= 0.6 is 11.3 Å². The topological polar surface area (TPSA) is 72.2 Å². The van der Waals surface area contributed by atoms with E-state index in [0.29, 0.717) is 24.2 Å². The highest BCUT2D eigenvalue weighted by atomic mass is 32.2. The quantitative estimate of drug-likeness (QED) is 0.833. The molecule has 6 heteroatoms. The average Bonchev–Trinajstić information content (AvgIpc) is 2.86. The Morgan fingerprint density at radius 2 is 2.05 bits per heavy atom. The molecule has 0 atom stereocenters.